The van der Waals surface area contributed by atoms with E-state index in [9.17, 15) is 10.1 Å². The number of fused-ring (bicyclic) bond motifs is 1. The fourth-order valence-electron chi connectivity index (χ4n) is 4.41. The number of rotatable bonds is 5. The number of carbonyl (C=O) groups excluding carboxylic acids is 1. The van der Waals surface area contributed by atoms with Crippen LogP contribution in [0.1, 0.15) is 48.9 Å². The lowest BCUT2D eigenvalue weighted by molar-refractivity contribution is -0.117. The van der Waals surface area contributed by atoms with E-state index in [1.54, 1.807) is 6.08 Å². The van der Waals surface area contributed by atoms with E-state index in [0.717, 1.165) is 54.4 Å². The second-order valence-corrected chi connectivity index (χ2v) is 8.07. The first-order valence-electron chi connectivity index (χ1n) is 10.7. The first-order valence-corrected chi connectivity index (χ1v) is 10.7. The third-order valence-electron chi connectivity index (χ3n) is 6.06. The average molecular weight is 398 g/mol. The topological polar surface area (TPSA) is 57.8 Å². The molecule has 0 atom stereocenters. The van der Waals surface area contributed by atoms with E-state index in [0.29, 0.717) is 0 Å². The molecule has 1 amide bonds. The summed E-state index contributed by atoms with van der Waals surface area (Å²) in [6.45, 7) is 2.81. The van der Waals surface area contributed by atoms with Crippen LogP contribution in [-0.2, 0) is 11.3 Å². The van der Waals surface area contributed by atoms with Gasteiger partial charge in [0.05, 0.1) is 0 Å². The number of hydrogen-bond acceptors (Lipinski definition) is 2. The third-order valence-corrected chi connectivity index (χ3v) is 6.06. The summed E-state index contributed by atoms with van der Waals surface area (Å²) in [6, 6.07) is 20.8. The van der Waals surface area contributed by atoms with Gasteiger partial charge in [-0.1, -0.05) is 67.8 Å². The van der Waals surface area contributed by atoms with E-state index in [2.05, 4.69) is 47.1 Å². The van der Waals surface area contributed by atoms with Gasteiger partial charge in [0.2, 0.25) is 0 Å². The van der Waals surface area contributed by atoms with Crippen molar-refractivity contribution in [2.24, 2.45) is 0 Å². The van der Waals surface area contributed by atoms with Gasteiger partial charge in [-0.2, -0.15) is 5.26 Å². The van der Waals surface area contributed by atoms with Gasteiger partial charge in [-0.05, 0) is 37.5 Å². The molecule has 0 radical (unpaired) electrons. The molecule has 0 spiro atoms. The van der Waals surface area contributed by atoms with Crippen molar-refractivity contribution in [1.82, 2.24) is 9.88 Å². The Bertz CT molecular complexity index is 1110. The second-order valence-electron chi connectivity index (χ2n) is 8.07. The molecule has 2 aromatic carbocycles. The summed E-state index contributed by atoms with van der Waals surface area (Å²) in [5.41, 5.74) is 4.49. The van der Waals surface area contributed by atoms with Crippen LogP contribution in [0, 0.1) is 18.3 Å². The highest BCUT2D eigenvalue weighted by Gasteiger charge is 2.20. The molecule has 1 heterocycles. The van der Waals surface area contributed by atoms with Crippen LogP contribution in [0.4, 0.5) is 0 Å². The molecule has 4 nitrogen and oxygen atoms in total. The monoisotopic (exact) mass is 397 g/mol. The molecule has 4 heteroatoms. The van der Waals surface area contributed by atoms with Crippen molar-refractivity contribution in [2.45, 2.75) is 51.6 Å². The first-order chi connectivity index (χ1) is 14.7. The number of hydrogen-bond donors (Lipinski definition) is 1. The summed E-state index contributed by atoms with van der Waals surface area (Å²) >= 11 is 0. The predicted molar refractivity (Wildman–Crippen MR) is 121 cm³/mol. The number of amides is 1. The third kappa shape index (κ3) is 4.16. The summed E-state index contributed by atoms with van der Waals surface area (Å²) in [5.74, 6) is -0.260. The van der Waals surface area contributed by atoms with Crippen LogP contribution in [0.15, 0.2) is 60.2 Å². The lowest BCUT2D eigenvalue weighted by Crippen LogP contribution is -2.36. The molecule has 1 fully saturated rings. The van der Waals surface area contributed by atoms with Gasteiger partial charge >= 0.3 is 0 Å². The molecule has 0 bridgehead atoms. The van der Waals surface area contributed by atoms with Crippen molar-refractivity contribution in [2.75, 3.05) is 0 Å². The van der Waals surface area contributed by atoms with Gasteiger partial charge in [0.25, 0.3) is 5.91 Å². The lowest BCUT2D eigenvalue weighted by atomic mass is 9.95. The van der Waals surface area contributed by atoms with E-state index in [4.69, 9.17) is 0 Å². The SMILES string of the molecule is Cc1c(/C=C(\C#N)C(=O)NC2CCCCC2)c2ccccc2n1Cc1ccccc1. The molecule has 4 rings (SSSR count). The fraction of sp³-hybridized carbons (Fsp3) is 0.308. The van der Waals surface area contributed by atoms with Gasteiger partial charge in [-0.15, -0.1) is 0 Å². The summed E-state index contributed by atoms with van der Waals surface area (Å²) in [5, 5.41) is 13.8. The fourth-order valence-corrected chi connectivity index (χ4v) is 4.41. The molecule has 30 heavy (non-hydrogen) atoms. The minimum atomic E-state index is -0.260. The second kappa shape index (κ2) is 9.00. The van der Waals surface area contributed by atoms with Gasteiger partial charge in [0, 0.05) is 34.7 Å². The quantitative estimate of drug-likeness (QED) is 0.466. The number of nitrogens with one attached hydrogen (secondary N) is 1. The molecular formula is C26H27N3O. The largest absolute Gasteiger partial charge is 0.349 e. The molecule has 1 saturated carbocycles. The van der Waals surface area contributed by atoms with Gasteiger partial charge in [0.15, 0.2) is 0 Å². The molecular weight excluding hydrogens is 370 g/mol. The Labute approximate surface area is 177 Å². The van der Waals surface area contributed by atoms with Gasteiger partial charge in [-0.3, -0.25) is 4.79 Å². The zero-order valence-corrected chi connectivity index (χ0v) is 17.4. The summed E-state index contributed by atoms with van der Waals surface area (Å²) in [6.07, 6.45) is 7.27. The summed E-state index contributed by atoms with van der Waals surface area (Å²) < 4.78 is 2.25. The highest BCUT2D eigenvalue weighted by Crippen LogP contribution is 2.29. The van der Waals surface area contributed by atoms with Gasteiger partial charge in [-0.25, -0.2) is 0 Å². The molecule has 3 aromatic rings. The number of nitrogens with zero attached hydrogens (tertiary/aromatic N) is 2. The van der Waals surface area contributed by atoms with Crippen molar-refractivity contribution in [3.05, 3.63) is 77.0 Å². The molecule has 0 aliphatic heterocycles. The van der Waals surface area contributed by atoms with Crippen molar-refractivity contribution < 1.29 is 4.79 Å². The Morgan fingerprint density at radius 1 is 1.10 bits per heavy atom. The highest BCUT2D eigenvalue weighted by molar-refractivity contribution is 6.04. The zero-order chi connectivity index (χ0) is 20.9. The van der Waals surface area contributed by atoms with Crippen LogP contribution in [-0.4, -0.2) is 16.5 Å². The predicted octanol–water partition coefficient (Wildman–Crippen LogP) is 5.35. The van der Waals surface area contributed by atoms with Crippen molar-refractivity contribution >= 4 is 22.9 Å². The molecule has 1 aliphatic carbocycles. The van der Waals surface area contributed by atoms with Crippen LogP contribution in [0.25, 0.3) is 17.0 Å². The summed E-state index contributed by atoms with van der Waals surface area (Å²) in [7, 11) is 0. The maximum atomic E-state index is 12.8. The molecule has 0 saturated heterocycles. The summed E-state index contributed by atoms with van der Waals surface area (Å²) in [4.78, 5) is 12.8. The molecule has 1 N–H and O–H groups in total. The van der Waals surface area contributed by atoms with Crippen LogP contribution >= 0.6 is 0 Å². The highest BCUT2D eigenvalue weighted by atomic mass is 16.1. The van der Waals surface area contributed by atoms with Crippen molar-refractivity contribution in [1.29, 1.82) is 5.26 Å². The van der Waals surface area contributed by atoms with Gasteiger partial charge in [0.1, 0.15) is 11.6 Å². The Balaban J connectivity index is 1.70. The van der Waals surface area contributed by atoms with Crippen LogP contribution in [0.2, 0.25) is 0 Å². The maximum absolute atomic E-state index is 12.8. The Hall–Kier alpha value is -3.32. The molecule has 152 valence electrons. The van der Waals surface area contributed by atoms with E-state index in [1.807, 2.05) is 30.3 Å². The Morgan fingerprint density at radius 3 is 2.53 bits per heavy atom. The van der Waals surface area contributed by atoms with Crippen LogP contribution < -0.4 is 5.32 Å². The van der Waals surface area contributed by atoms with E-state index >= 15 is 0 Å². The van der Waals surface area contributed by atoms with E-state index in [1.165, 1.54) is 12.0 Å². The Kier molecular flexibility index (Phi) is 5.99. The molecule has 1 aliphatic rings. The number of nitriles is 1. The first kappa shape index (κ1) is 20.0. The smallest absolute Gasteiger partial charge is 0.262 e. The molecule has 1 aromatic heterocycles. The number of benzene rings is 2. The Morgan fingerprint density at radius 2 is 1.80 bits per heavy atom. The van der Waals surface area contributed by atoms with Crippen LogP contribution in [0.5, 0.6) is 0 Å². The van der Waals surface area contributed by atoms with E-state index < -0.39 is 0 Å². The normalized spacial score (nSPS) is 15.1. The maximum Gasteiger partial charge on any atom is 0.262 e. The minimum absolute atomic E-state index is 0.172. The van der Waals surface area contributed by atoms with Crippen LogP contribution in [0.3, 0.4) is 0 Å². The van der Waals surface area contributed by atoms with Crippen molar-refractivity contribution in [3.8, 4) is 6.07 Å². The molecule has 0 unspecified atom stereocenters. The number of para-hydroxylation sites is 1. The lowest BCUT2D eigenvalue weighted by Gasteiger charge is -2.22. The number of carbonyl (C=O) groups is 1. The van der Waals surface area contributed by atoms with Crippen molar-refractivity contribution in [3.63, 3.8) is 0 Å². The number of aromatic nitrogens is 1. The minimum Gasteiger partial charge on any atom is -0.349 e. The zero-order valence-electron chi connectivity index (χ0n) is 17.4. The standard InChI is InChI=1S/C26H27N3O/c1-19-24(16-21(17-27)26(30)28-22-12-6-3-7-13-22)23-14-8-9-15-25(23)29(19)18-20-10-4-2-5-11-20/h2,4-5,8-11,14-16,22H,3,6-7,12-13,18H2,1H3,(H,28,30)/b21-16+. The van der Waals surface area contributed by atoms with E-state index in [-0.39, 0.29) is 17.5 Å². The average Bonchev–Trinajstić information content (AvgIpc) is 3.04. The van der Waals surface area contributed by atoms with Gasteiger partial charge < -0.3 is 9.88 Å².